The highest BCUT2D eigenvalue weighted by Gasteiger charge is 2.37. The van der Waals surface area contributed by atoms with Crippen LogP contribution in [0.4, 0.5) is 4.79 Å². The molecule has 0 bridgehead atoms. The average molecular weight is 484 g/mol. The van der Waals surface area contributed by atoms with Crippen molar-refractivity contribution >= 4 is 29.7 Å². The van der Waals surface area contributed by atoms with Crippen molar-refractivity contribution in [2.75, 3.05) is 25.2 Å². The van der Waals surface area contributed by atoms with Crippen LogP contribution in [0.1, 0.15) is 52.6 Å². The Morgan fingerprint density at radius 1 is 1.15 bits per heavy atom. The van der Waals surface area contributed by atoms with Gasteiger partial charge in [-0.1, -0.05) is 18.2 Å². The van der Waals surface area contributed by atoms with Crippen LogP contribution in [0.25, 0.3) is 0 Å². The summed E-state index contributed by atoms with van der Waals surface area (Å²) in [6.07, 6.45) is 1.42. The van der Waals surface area contributed by atoms with Crippen LogP contribution in [-0.4, -0.2) is 75.9 Å². The fourth-order valence-electron chi connectivity index (χ4n) is 3.15. The van der Waals surface area contributed by atoms with E-state index in [-0.39, 0.29) is 23.9 Å². The summed E-state index contributed by atoms with van der Waals surface area (Å²) in [5.41, 5.74) is -0.532. The number of nitrogens with zero attached hydrogens (tertiary/aromatic N) is 1. The van der Waals surface area contributed by atoms with E-state index in [1.54, 1.807) is 52.8 Å². The summed E-state index contributed by atoms with van der Waals surface area (Å²) in [5.74, 6) is -0.651. The lowest BCUT2D eigenvalue weighted by Gasteiger charge is -2.34. The van der Waals surface area contributed by atoms with Gasteiger partial charge in [0.1, 0.15) is 23.4 Å². The highest BCUT2D eigenvalue weighted by atomic mass is 32.2. The number of phenols is 1. The van der Waals surface area contributed by atoms with Gasteiger partial charge in [0, 0.05) is 18.2 Å². The normalized spacial score (nSPS) is 13.2. The zero-order valence-electron chi connectivity index (χ0n) is 20.3. The molecule has 33 heavy (non-hydrogen) atoms. The van der Waals surface area contributed by atoms with Gasteiger partial charge >= 0.3 is 6.09 Å². The van der Waals surface area contributed by atoms with Crippen LogP contribution in [0.5, 0.6) is 5.75 Å². The van der Waals surface area contributed by atoms with E-state index in [9.17, 15) is 24.6 Å². The third kappa shape index (κ3) is 9.51. The average Bonchev–Trinajstić information content (AvgIpc) is 2.69. The Balaban J connectivity index is 3.39. The van der Waals surface area contributed by atoms with Crippen LogP contribution < -0.4 is 10.6 Å². The molecule has 0 aromatic heterocycles. The zero-order chi connectivity index (χ0) is 25.2. The monoisotopic (exact) mass is 483 g/mol. The molecule has 0 aliphatic carbocycles. The molecule has 1 aromatic carbocycles. The molecule has 9 nitrogen and oxygen atoms in total. The summed E-state index contributed by atoms with van der Waals surface area (Å²) in [6, 6.07) is 3.83. The molecule has 2 atom stereocenters. The minimum atomic E-state index is -1.20. The van der Waals surface area contributed by atoms with Gasteiger partial charge in [-0.25, -0.2) is 4.79 Å². The predicted octanol–water partition coefficient (Wildman–Crippen LogP) is 2.43. The lowest BCUT2D eigenvalue weighted by molar-refractivity contribution is -0.143. The van der Waals surface area contributed by atoms with Crippen LogP contribution >= 0.6 is 11.8 Å². The second-order valence-electron chi connectivity index (χ2n) is 8.86. The topological polar surface area (TPSA) is 128 Å². The number of thioether (sulfide) groups is 1. The molecule has 3 amide bonds. The van der Waals surface area contributed by atoms with Crippen molar-refractivity contribution in [3.05, 3.63) is 29.8 Å². The van der Waals surface area contributed by atoms with Gasteiger partial charge in [-0.15, -0.1) is 0 Å². The SMILES string of the molecule is CSCCC(NC(=O)OC(C)(C)C)C(=O)N(CCO)C(C(=O)NC(C)C)c1ccccc1O. The van der Waals surface area contributed by atoms with E-state index in [0.717, 1.165) is 0 Å². The highest BCUT2D eigenvalue weighted by molar-refractivity contribution is 7.98. The van der Waals surface area contributed by atoms with Gasteiger partial charge in [-0.05, 0) is 59.1 Å². The van der Waals surface area contributed by atoms with E-state index >= 15 is 0 Å². The van der Waals surface area contributed by atoms with Crippen LogP contribution in [0.3, 0.4) is 0 Å². The fraction of sp³-hybridized carbons (Fsp3) is 0.609. The third-order valence-electron chi connectivity index (χ3n) is 4.45. The van der Waals surface area contributed by atoms with Crippen LogP contribution in [0, 0.1) is 0 Å². The third-order valence-corrected chi connectivity index (χ3v) is 5.09. The van der Waals surface area contributed by atoms with Crippen molar-refractivity contribution in [2.24, 2.45) is 0 Å². The van der Waals surface area contributed by atoms with E-state index in [1.165, 1.54) is 22.7 Å². The molecule has 2 unspecified atom stereocenters. The van der Waals surface area contributed by atoms with E-state index in [2.05, 4.69) is 10.6 Å². The number of phenolic OH excluding ortho intramolecular Hbond substituents is 1. The molecule has 0 spiro atoms. The Hall–Kier alpha value is -2.46. The summed E-state index contributed by atoms with van der Waals surface area (Å²) in [6.45, 7) is 8.13. The molecule has 4 N–H and O–H groups in total. The summed E-state index contributed by atoms with van der Waals surface area (Å²) < 4.78 is 5.31. The largest absolute Gasteiger partial charge is 0.508 e. The summed E-state index contributed by atoms with van der Waals surface area (Å²) in [5, 5.41) is 25.5. The first kappa shape index (κ1) is 28.6. The van der Waals surface area contributed by atoms with Gasteiger partial charge in [0.15, 0.2) is 0 Å². The molecule has 0 radical (unpaired) electrons. The van der Waals surface area contributed by atoms with E-state index in [4.69, 9.17) is 4.74 Å². The van der Waals surface area contributed by atoms with Gasteiger partial charge < -0.3 is 30.5 Å². The minimum Gasteiger partial charge on any atom is -0.508 e. The zero-order valence-corrected chi connectivity index (χ0v) is 21.1. The molecular weight excluding hydrogens is 446 g/mol. The lowest BCUT2D eigenvalue weighted by Crippen LogP contribution is -2.54. The molecule has 0 aliphatic heterocycles. The first-order valence-corrected chi connectivity index (χ1v) is 12.3. The number of aliphatic hydroxyl groups excluding tert-OH is 1. The standard InChI is InChI=1S/C23H37N3O6S/c1-15(2)24-20(29)19(16-9-7-8-10-18(16)28)26(12-13-27)21(30)17(11-14-33-6)25-22(31)32-23(3,4)5/h7-10,15,17,19,27-28H,11-14H2,1-6H3,(H,24,29)(H,25,31). The Morgan fingerprint density at radius 3 is 2.30 bits per heavy atom. The highest BCUT2D eigenvalue weighted by Crippen LogP contribution is 2.30. The van der Waals surface area contributed by atoms with Crippen LogP contribution in [0.15, 0.2) is 24.3 Å². The molecular formula is C23H37N3O6S. The molecule has 0 fully saturated rings. The summed E-state index contributed by atoms with van der Waals surface area (Å²) in [4.78, 5) is 40.4. The number of benzene rings is 1. The summed E-state index contributed by atoms with van der Waals surface area (Å²) >= 11 is 1.50. The lowest BCUT2D eigenvalue weighted by atomic mass is 10.0. The number of hydrogen-bond acceptors (Lipinski definition) is 7. The van der Waals surface area contributed by atoms with Gasteiger partial charge in [0.2, 0.25) is 11.8 Å². The molecule has 186 valence electrons. The van der Waals surface area contributed by atoms with Crippen molar-refractivity contribution in [3.8, 4) is 5.75 Å². The number of carbonyl (C=O) groups is 3. The molecule has 1 aromatic rings. The number of nitrogens with one attached hydrogen (secondary N) is 2. The molecule has 10 heteroatoms. The number of carbonyl (C=O) groups excluding carboxylic acids is 3. The van der Waals surface area contributed by atoms with Crippen LogP contribution in [0.2, 0.25) is 0 Å². The van der Waals surface area contributed by atoms with Gasteiger partial charge in [0.05, 0.1) is 6.61 Å². The van der Waals surface area contributed by atoms with Gasteiger partial charge in [-0.3, -0.25) is 9.59 Å². The van der Waals surface area contributed by atoms with E-state index in [1.807, 2.05) is 6.26 Å². The Morgan fingerprint density at radius 2 is 1.79 bits per heavy atom. The number of para-hydroxylation sites is 1. The van der Waals surface area contributed by atoms with Gasteiger partial charge in [-0.2, -0.15) is 11.8 Å². The van der Waals surface area contributed by atoms with E-state index < -0.39 is 42.2 Å². The summed E-state index contributed by atoms with van der Waals surface area (Å²) in [7, 11) is 0. The first-order chi connectivity index (χ1) is 15.4. The Labute approximate surface area is 200 Å². The second-order valence-corrected chi connectivity index (χ2v) is 9.85. The Kier molecular flexibility index (Phi) is 11.5. The minimum absolute atomic E-state index is 0.155. The quantitative estimate of drug-likeness (QED) is 0.380. The first-order valence-electron chi connectivity index (χ1n) is 10.9. The smallest absolute Gasteiger partial charge is 0.408 e. The van der Waals surface area contributed by atoms with E-state index in [0.29, 0.717) is 12.2 Å². The van der Waals surface area contributed by atoms with Crippen molar-refractivity contribution in [2.45, 2.75) is 64.8 Å². The Bertz CT molecular complexity index is 797. The molecule has 0 saturated heterocycles. The number of amides is 3. The maximum absolute atomic E-state index is 13.6. The molecule has 0 heterocycles. The number of hydrogen-bond donors (Lipinski definition) is 4. The molecule has 0 aliphatic rings. The van der Waals surface area contributed by atoms with Crippen molar-refractivity contribution in [3.63, 3.8) is 0 Å². The number of aromatic hydroxyl groups is 1. The number of alkyl carbamates (subject to hydrolysis) is 1. The van der Waals surface area contributed by atoms with Crippen molar-refractivity contribution in [1.82, 2.24) is 15.5 Å². The predicted molar refractivity (Wildman–Crippen MR) is 129 cm³/mol. The maximum Gasteiger partial charge on any atom is 0.408 e. The number of aliphatic hydroxyl groups is 1. The molecule has 0 saturated carbocycles. The van der Waals surface area contributed by atoms with Gasteiger partial charge in [0.25, 0.3) is 0 Å². The molecule has 1 rings (SSSR count). The van der Waals surface area contributed by atoms with Crippen molar-refractivity contribution < 1.29 is 29.3 Å². The fourth-order valence-corrected chi connectivity index (χ4v) is 3.62. The number of ether oxygens (including phenoxy) is 1. The second kappa shape index (κ2) is 13.3. The van der Waals surface area contributed by atoms with Crippen molar-refractivity contribution in [1.29, 1.82) is 0 Å². The van der Waals surface area contributed by atoms with Crippen LogP contribution in [-0.2, 0) is 14.3 Å². The number of rotatable bonds is 11. The maximum atomic E-state index is 13.6.